The lowest BCUT2D eigenvalue weighted by molar-refractivity contribution is 0.0757. The number of pyridine rings is 1. The van der Waals surface area contributed by atoms with E-state index in [9.17, 15) is 4.79 Å². The third-order valence-electron chi connectivity index (χ3n) is 2.81. The summed E-state index contributed by atoms with van der Waals surface area (Å²) < 4.78 is 7.06. The molecule has 0 spiro atoms. The first-order chi connectivity index (χ1) is 10.2. The highest BCUT2D eigenvalue weighted by atomic mass is 16.5. The second-order valence-corrected chi connectivity index (χ2v) is 4.88. The molecule has 0 aliphatic heterocycles. The summed E-state index contributed by atoms with van der Waals surface area (Å²) >= 11 is 0. The number of hydrogen-bond donors (Lipinski definition) is 1. The minimum absolute atomic E-state index is 0.126. The molecule has 0 aliphatic carbocycles. The number of nitrogens with one attached hydrogen (secondary N) is 1. The van der Waals surface area contributed by atoms with Gasteiger partial charge in [-0.1, -0.05) is 0 Å². The number of aromatic nitrogens is 3. The zero-order chi connectivity index (χ0) is 15.1. The van der Waals surface area contributed by atoms with Gasteiger partial charge in [0.15, 0.2) is 5.82 Å². The summed E-state index contributed by atoms with van der Waals surface area (Å²) in [6.45, 7) is 5.22. The van der Waals surface area contributed by atoms with Gasteiger partial charge in [-0.3, -0.25) is 4.79 Å². The van der Waals surface area contributed by atoms with Crippen molar-refractivity contribution in [2.75, 3.05) is 13.2 Å². The fraction of sp³-hybridized carbons (Fsp3) is 0.400. The predicted octanol–water partition coefficient (Wildman–Crippen LogP) is 1.81. The SMILES string of the molecule is CC(C)OCCCNC(=O)c1ccc(-n2cccn2)nc1. The van der Waals surface area contributed by atoms with Gasteiger partial charge in [-0.15, -0.1) is 0 Å². The van der Waals surface area contributed by atoms with Crippen LogP contribution in [0.4, 0.5) is 0 Å². The molecule has 0 aliphatic rings. The first-order valence-corrected chi connectivity index (χ1v) is 7.02. The maximum atomic E-state index is 11.9. The van der Waals surface area contributed by atoms with Gasteiger partial charge in [0.25, 0.3) is 5.91 Å². The second kappa shape index (κ2) is 7.54. The quantitative estimate of drug-likeness (QED) is 0.789. The van der Waals surface area contributed by atoms with Crippen LogP contribution >= 0.6 is 0 Å². The van der Waals surface area contributed by atoms with Crippen molar-refractivity contribution in [1.29, 1.82) is 0 Å². The van der Waals surface area contributed by atoms with Crippen molar-refractivity contribution in [3.05, 3.63) is 42.4 Å². The molecule has 1 amide bonds. The third kappa shape index (κ3) is 4.68. The maximum absolute atomic E-state index is 11.9. The fourth-order valence-corrected chi connectivity index (χ4v) is 1.76. The molecule has 0 aromatic carbocycles. The predicted molar refractivity (Wildman–Crippen MR) is 79.4 cm³/mol. The number of carbonyl (C=O) groups excluding carboxylic acids is 1. The molecule has 0 bridgehead atoms. The normalized spacial score (nSPS) is 10.8. The fourth-order valence-electron chi connectivity index (χ4n) is 1.76. The van der Waals surface area contributed by atoms with E-state index in [0.29, 0.717) is 24.5 Å². The molecule has 0 radical (unpaired) electrons. The Bertz CT molecular complexity index is 550. The number of rotatable bonds is 7. The number of nitrogens with zero attached hydrogens (tertiary/aromatic N) is 3. The smallest absolute Gasteiger partial charge is 0.252 e. The van der Waals surface area contributed by atoms with Crippen molar-refractivity contribution in [2.24, 2.45) is 0 Å². The topological polar surface area (TPSA) is 69.0 Å². The minimum Gasteiger partial charge on any atom is -0.379 e. The highest BCUT2D eigenvalue weighted by Crippen LogP contribution is 2.04. The first-order valence-electron chi connectivity index (χ1n) is 7.02. The Balaban J connectivity index is 1.80. The average molecular weight is 288 g/mol. The van der Waals surface area contributed by atoms with E-state index in [-0.39, 0.29) is 12.0 Å². The Labute approximate surface area is 124 Å². The first kappa shape index (κ1) is 15.2. The standard InChI is InChI=1S/C15H20N4O2/c1-12(2)21-10-4-7-16-15(20)13-5-6-14(17-11-13)19-9-3-8-18-19/h3,5-6,8-9,11-12H,4,7,10H2,1-2H3,(H,16,20). The highest BCUT2D eigenvalue weighted by molar-refractivity contribution is 5.93. The summed E-state index contributed by atoms with van der Waals surface area (Å²) in [6.07, 6.45) is 6.05. The molecule has 0 saturated heterocycles. The summed E-state index contributed by atoms with van der Waals surface area (Å²) in [5.41, 5.74) is 0.538. The van der Waals surface area contributed by atoms with Gasteiger partial charge in [0.05, 0.1) is 11.7 Å². The van der Waals surface area contributed by atoms with Crippen LogP contribution in [0.25, 0.3) is 5.82 Å². The molecule has 0 unspecified atom stereocenters. The van der Waals surface area contributed by atoms with Crippen LogP contribution in [0.15, 0.2) is 36.8 Å². The van der Waals surface area contributed by atoms with Gasteiger partial charge in [-0.2, -0.15) is 5.10 Å². The Morgan fingerprint density at radius 1 is 1.43 bits per heavy atom. The Kier molecular flexibility index (Phi) is 5.45. The molecule has 1 N–H and O–H groups in total. The van der Waals surface area contributed by atoms with Crippen molar-refractivity contribution >= 4 is 5.91 Å². The molecule has 21 heavy (non-hydrogen) atoms. The molecular formula is C15H20N4O2. The lowest BCUT2D eigenvalue weighted by Crippen LogP contribution is -2.25. The third-order valence-corrected chi connectivity index (χ3v) is 2.81. The molecule has 6 heteroatoms. The van der Waals surface area contributed by atoms with E-state index in [2.05, 4.69) is 15.4 Å². The Morgan fingerprint density at radius 3 is 2.90 bits per heavy atom. The zero-order valence-electron chi connectivity index (χ0n) is 12.3. The van der Waals surface area contributed by atoms with Gasteiger partial charge in [0.1, 0.15) is 0 Å². The van der Waals surface area contributed by atoms with Gasteiger partial charge < -0.3 is 10.1 Å². The molecule has 0 saturated carbocycles. The molecule has 2 heterocycles. The maximum Gasteiger partial charge on any atom is 0.252 e. The molecule has 0 atom stereocenters. The second-order valence-electron chi connectivity index (χ2n) is 4.88. The van der Waals surface area contributed by atoms with Crippen LogP contribution in [-0.2, 0) is 4.74 Å². The van der Waals surface area contributed by atoms with Crippen LogP contribution in [0.1, 0.15) is 30.6 Å². The van der Waals surface area contributed by atoms with E-state index >= 15 is 0 Å². The van der Waals surface area contributed by atoms with Crippen molar-refractivity contribution < 1.29 is 9.53 Å². The van der Waals surface area contributed by atoms with E-state index in [1.807, 2.05) is 19.9 Å². The van der Waals surface area contributed by atoms with Gasteiger partial charge >= 0.3 is 0 Å². The van der Waals surface area contributed by atoms with Crippen LogP contribution in [0.2, 0.25) is 0 Å². The summed E-state index contributed by atoms with van der Waals surface area (Å²) in [5, 5.41) is 6.93. The lowest BCUT2D eigenvalue weighted by Gasteiger charge is -2.08. The summed E-state index contributed by atoms with van der Waals surface area (Å²) in [7, 11) is 0. The van der Waals surface area contributed by atoms with Crippen molar-refractivity contribution in [3.63, 3.8) is 0 Å². The molecule has 6 nitrogen and oxygen atoms in total. The summed E-state index contributed by atoms with van der Waals surface area (Å²) in [6, 6.07) is 5.33. The van der Waals surface area contributed by atoms with Crippen molar-refractivity contribution in [2.45, 2.75) is 26.4 Å². The van der Waals surface area contributed by atoms with Crippen molar-refractivity contribution in [1.82, 2.24) is 20.1 Å². The lowest BCUT2D eigenvalue weighted by atomic mass is 10.2. The highest BCUT2D eigenvalue weighted by Gasteiger charge is 2.06. The van der Waals surface area contributed by atoms with E-state index in [4.69, 9.17) is 4.74 Å². The van der Waals surface area contributed by atoms with Crippen molar-refractivity contribution in [3.8, 4) is 5.82 Å². The van der Waals surface area contributed by atoms with E-state index in [0.717, 1.165) is 6.42 Å². The van der Waals surface area contributed by atoms with Crippen LogP contribution in [-0.4, -0.2) is 39.9 Å². The van der Waals surface area contributed by atoms with Gasteiger partial charge in [-0.25, -0.2) is 9.67 Å². The van der Waals surface area contributed by atoms with Gasteiger partial charge in [-0.05, 0) is 38.5 Å². The Morgan fingerprint density at radius 2 is 2.29 bits per heavy atom. The van der Waals surface area contributed by atoms with E-state index in [1.54, 1.807) is 35.4 Å². The number of ether oxygens (including phenoxy) is 1. The molecule has 2 aromatic heterocycles. The van der Waals surface area contributed by atoms with Crippen LogP contribution in [0.3, 0.4) is 0 Å². The molecular weight excluding hydrogens is 268 g/mol. The molecule has 2 rings (SSSR count). The minimum atomic E-state index is -0.126. The summed E-state index contributed by atoms with van der Waals surface area (Å²) in [4.78, 5) is 16.1. The van der Waals surface area contributed by atoms with E-state index in [1.165, 1.54) is 0 Å². The van der Waals surface area contributed by atoms with Crippen LogP contribution < -0.4 is 5.32 Å². The molecule has 0 fully saturated rings. The summed E-state index contributed by atoms with van der Waals surface area (Å²) in [5.74, 6) is 0.556. The van der Waals surface area contributed by atoms with Gasteiger partial charge in [0, 0.05) is 31.7 Å². The largest absolute Gasteiger partial charge is 0.379 e. The zero-order valence-corrected chi connectivity index (χ0v) is 12.3. The van der Waals surface area contributed by atoms with Crippen LogP contribution in [0.5, 0.6) is 0 Å². The average Bonchev–Trinajstić information content (AvgIpc) is 3.01. The number of carbonyl (C=O) groups is 1. The van der Waals surface area contributed by atoms with Gasteiger partial charge in [0.2, 0.25) is 0 Å². The Hall–Kier alpha value is -2.21. The molecule has 112 valence electrons. The number of hydrogen-bond acceptors (Lipinski definition) is 4. The monoisotopic (exact) mass is 288 g/mol. The van der Waals surface area contributed by atoms with E-state index < -0.39 is 0 Å². The number of amides is 1. The molecule has 2 aromatic rings. The van der Waals surface area contributed by atoms with Crippen LogP contribution in [0, 0.1) is 0 Å².